The Labute approximate surface area is 95.2 Å². The lowest BCUT2D eigenvalue weighted by Gasteiger charge is -2.24. The predicted molar refractivity (Wildman–Crippen MR) is 62.5 cm³/mol. The number of amides is 1. The first-order valence-electron chi connectivity index (χ1n) is 5.30. The molecule has 1 rings (SSSR count). The van der Waals surface area contributed by atoms with Crippen molar-refractivity contribution in [1.82, 2.24) is 4.90 Å². The zero-order chi connectivity index (χ0) is 10.9. The number of halogens is 1. The zero-order valence-corrected chi connectivity index (χ0v) is 11.1. The topological polar surface area (TPSA) is 20.3 Å². The fraction of sp³-hybridized carbons (Fsp3) is 0.909. The van der Waals surface area contributed by atoms with Crippen LogP contribution in [-0.4, -0.2) is 28.2 Å². The Kier molecular flexibility index (Phi) is 3.62. The molecule has 0 aliphatic carbocycles. The lowest BCUT2D eigenvalue weighted by atomic mass is 9.95. The lowest BCUT2D eigenvalue weighted by Crippen LogP contribution is -2.40. The molecule has 14 heavy (non-hydrogen) atoms. The van der Waals surface area contributed by atoms with Crippen LogP contribution in [0.15, 0.2) is 0 Å². The van der Waals surface area contributed by atoms with Crippen LogP contribution in [0.5, 0.6) is 0 Å². The number of carbonyl (C=O) groups excluding carboxylic acids is 1. The van der Waals surface area contributed by atoms with Crippen molar-refractivity contribution in [3.05, 3.63) is 0 Å². The number of likely N-dealkylation sites (tertiary alicyclic amines) is 1. The van der Waals surface area contributed by atoms with Crippen molar-refractivity contribution in [3.63, 3.8) is 0 Å². The summed E-state index contributed by atoms with van der Waals surface area (Å²) in [5, 5.41) is 0. The van der Waals surface area contributed by atoms with E-state index in [4.69, 9.17) is 0 Å². The molecule has 2 nitrogen and oxygen atoms in total. The highest BCUT2D eigenvalue weighted by molar-refractivity contribution is 9.10. The normalized spacial score (nSPS) is 23.3. The van der Waals surface area contributed by atoms with Crippen LogP contribution in [0.3, 0.4) is 0 Å². The van der Waals surface area contributed by atoms with Crippen LogP contribution >= 0.6 is 15.9 Å². The first kappa shape index (κ1) is 12.0. The number of alkyl halides is 1. The third-order valence-electron chi connectivity index (χ3n) is 2.96. The van der Waals surface area contributed by atoms with Crippen molar-refractivity contribution in [1.29, 1.82) is 0 Å². The fourth-order valence-electron chi connectivity index (χ4n) is 1.89. The molecule has 0 spiro atoms. The largest absolute Gasteiger partial charge is 0.341 e. The van der Waals surface area contributed by atoms with Gasteiger partial charge in [0.1, 0.15) is 0 Å². The molecule has 1 fully saturated rings. The SMILES string of the molecule is CC(C)C1CCN(C(=O)C(C)(C)Br)C1. The van der Waals surface area contributed by atoms with Gasteiger partial charge in [-0.1, -0.05) is 29.8 Å². The molecule has 1 atom stereocenters. The summed E-state index contributed by atoms with van der Waals surface area (Å²) >= 11 is 3.42. The Morgan fingerprint density at radius 3 is 2.43 bits per heavy atom. The van der Waals surface area contributed by atoms with Crippen LogP contribution in [0.4, 0.5) is 0 Å². The second-order valence-corrected chi connectivity index (χ2v) is 7.00. The van der Waals surface area contributed by atoms with Gasteiger partial charge in [0.2, 0.25) is 5.91 Å². The molecule has 0 bridgehead atoms. The number of hydrogen-bond donors (Lipinski definition) is 0. The van der Waals surface area contributed by atoms with Crippen LogP contribution in [0.1, 0.15) is 34.1 Å². The van der Waals surface area contributed by atoms with E-state index in [0.717, 1.165) is 19.5 Å². The molecule has 0 aromatic rings. The third kappa shape index (κ3) is 2.72. The summed E-state index contributed by atoms with van der Waals surface area (Å²) in [6.07, 6.45) is 1.16. The lowest BCUT2D eigenvalue weighted by molar-refractivity contribution is -0.131. The molecule has 0 N–H and O–H groups in total. The van der Waals surface area contributed by atoms with Gasteiger partial charge in [0.15, 0.2) is 0 Å². The minimum absolute atomic E-state index is 0.223. The molecular weight excluding hydrogens is 242 g/mol. The molecular formula is C11H20BrNO. The van der Waals surface area contributed by atoms with Crippen LogP contribution in [0.25, 0.3) is 0 Å². The molecule has 1 unspecified atom stereocenters. The van der Waals surface area contributed by atoms with E-state index in [2.05, 4.69) is 29.8 Å². The Morgan fingerprint density at radius 1 is 1.50 bits per heavy atom. The van der Waals surface area contributed by atoms with Gasteiger partial charge < -0.3 is 4.90 Å². The number of carbonyl (C=O) groups is 1. The summed E-state index contributed by atoms with van der Waals surface area (Å²) in [5.74, 6) is 1.60. The molecule has 0 saturated carbocycles. The average Bonchev–Trinajstić information content (AvgIpc) is 2.48. The maximum atomic E-state index is 11.9. The second-order valence-electron chi connectivity index (χ2n) is 5.02. The highest BCUT2D eigenvalue weighted by Crippen LogP contribution is 2.27. The highest BCUT2D eigenvalue weighted by atomic mass is 79.9. The van der Waals surface area contributed by atoms with E-state index in [1.54, 1.807) is 0 Å². The van der Waals surface area contributed by atoms with Crippen molar-refractivity contribution in [2.75, 3.05) is 13.1 Å². The fourth-order valence-corrected chi connectivity index (χ4v) is 2.14. The molecule has 1 aliphatic rings. The van der Waals surface area contributed by atoms with Crippen LogP contribution in [-0.2, 0) is 4.79 Å². The highest BCUT2D eigenvalue weighted by Gasteiger charge is 2.34. The van der Waals surface area contributed by atoms with Gasteiger partial charge in [0.05, 0.1) is 4.32 Å². The van der Waals surface area contributed by atoms with Crippen LogP contribution in [0.2, 0.25) is 0 Å². The minimum Gasteiger partial charge on any atom is -0.341 e. The van der Waals surface area contributed by atoms with E-state index in [0.29, 0.717) is 11.8 Å². The van der Waals surface area contributed by atoms with Gasteiger partial charge in [0, 0.05) is 13.1 Å². The van der Waals surface area contributed by atoms with Gasteiger partial charge in [-0.2, -0.15) is 0 Å². The molecule has 0 radical (unpaired) electrons. The molecule has 1 aliphatic heterocycles. The van der Waals surface area contributed by atoms with Crippen molar-refractivity contribution < 1.29 is 4.79 Å². The van der Waals surface area contributed by atoms with E-state index >= 15 is 0 Å². The quantitative estimate of drug-likeness (QED) is 0.700. The van der Waals surface area contributed by atoms with Gasteiger partial charge in [-0.15, -0.1) is 0 Å². The Bertz CT molecular complexity index is 220. The Balaban J connectivity index is 2.54. The van der Waals surface area contributed by atoms with E-state index in [1.807, 2.05) is 18.7 Å². The molecule has 1 amide bonds. The van der Waals surface area contributed by atoms with Gasteiger partial charge in [-0.25, -0.2) is 0 Å². The maximum Gasteiger partial charge on any atom is 0.238 e. The Hall–Kier alpha value is -0.0500. The maximum absolute atomic E-state index is 11.9. The van der Waals surface area contributed by atoms with Crippen LogP contribution in [0, 0.1) is 11.8 Å². The molecule has 3 heteroatoms. The number of hydrogen-bond acceptors (Lipinski definition) is 1. The third-order valence-corrected chi connectivity index (χ3v) is 3.30. The number of nitrogens with zero attached hydrogens (tertiary/aromatic N) is 1. The summed E-state index contributed by atoms with van der Waals surface area (Å²) < 4.78 is -0.404. The summed E-state index contributed by atoms with van der Waals surface area (Å²) in [5.41, 5.74) is 0. The Morgan fingerprint density at radius 2 is 2.07 bits per heavy atom. The van der Waals surface area contributed by atoms with Gasteiger partial charge >= 0.3 is 0 Å². The first-order valence-corrected chi connectivity index (χ1v) is 6.10. The summed E-state index contributed by atoms with van der Waals surface area (Å²) in [6, 6.07) is 0. The predicted octanol–water partition coefficient (Wildman–Crippen LogP) is 2.66. The summed E-state index contributed by atoms with van der Waals surface area (Å²) in [6.45, 7) is 10.2. The summed E-state index contributed by atoms with van der Waals surface area (Å²) in [7, 11) is 0. The van der Waals surface area contributed by atoms with Crippen molar-refractivity contribution in [2.24, 2.45) is 11.8 Å². The van der Waals surface area contributed by atoms with Gasteiger partial charge in [-0.05, 0) is 32.1 Å². The van der Waals surface area contributed by atoms with E-state index in [-0.39, 0.29) is 5.91 Å². The van der Waals surface area contributed by atoms with E-state index < -0.39 is 4.32 Å². The standard InChI is InChI=1S/C11H20BrNO/c1-8(2)9-5-6-13(7-9)10(14)11(3,4)12/h8-9H,5-7H2,1-4H3. The minimum atomic E-state index is -0.404. The zero-order valence-electron chi connectivity index (χ0n) is 9.51. The smallest absolute Gasteiger partial charge is 0.238 e. The molecule has 0 aromatic heterocycles. The van der Waals surface area contributed by atoms with Crippen molar-refractivity contribution in [2.45, 2.75) is 38.4 Å². The first-order chi connectivity index (χ1) is 6.32. The monoisotopic (exact) mass is 261 g/mol. The molecule has 82 valence electrons. The van der Waals surface area contributed by atoms with Gasteiger partial charge in [-0.3, -0.25) is 4.79 Å². The van der Waals surface area contributed by atoms with Crippen LogP contribution < -0.4 is 0 Å². The van der Waals surface area contributed by atoms with E-state index in [9.17, 15) is 4.79 Å². The molecule has 0 aromatic carbocycles. The molecule has 1 saturated heterocycles. The van der Waals surface area contributed by atoms with Crippen molar-refractivity contribution >= 4 is 21.8 Å². The summed E-state index contributed by atoms with van der Waals surface area (Å²) in [4.78, 5) is 13.9. The average molecular weight is 262 g/mol. The number of rotatable bonds is 2. The van der Waals surface area contributed by atoms with Crippen molar-refractivity contribution in [3.8, 4) is 0 Å². The second kappa shape index (κ2) is 4.21. The molecule has 1 heterocycles. The van der Waals surface area contributed by atoms with E-state index in [1.165, 1.54) is 0 Å². The van der Waals surface area contributed by atoms with Gasteiger partial charge in [0.25, 0.3) is 0 Å².